The molecule has 0 fully saturated rings. The Hall–Kier alpha value is -1.53. The van der Waals surface area contributed by atoms with Crippen molar-refractivity contribution in [3.63, 3.8) is 0 Å². The van der Waals surface area contributed by atoms with Gasteiger partial charge in [0.15, 0.2) is 0 Å². The first-order valence-electron chi connectivity index (χ1n) is 3.61. The van der Waals surface area contributed by atoms with E-state index in [0.29, 0.717) is 10.6 Å². The zero-order valence-corrected chi connectivity index (χ0v) is 7.46. The molecule has 78 valence electrons. The lowest BCUT2D eigenvalue weighted by Crippen LogP contribution is -2.43. The Morgan fingerprint density at radius 2 is 2.00 bits per heavy atom. The Labute approximate surface area is 76.8 Å². The van der Waals surface area contributed by atoms with Gasteiger partial charge in [-0.1, -0.05) is 0 Å². The molecular formula is C7H8F3N2O2+. The normalized spacial score (nSPS) is 11.8. The number of aromatic hydroxyl groups is 1. The van der Waals surface area contributed by atoms with Gasteiger partial charge in [0, 0.05) is 0 Å². The first-order chi connectivity index (χ1) is 6.25. The number of aromatic nitrogens is 2. The van der Waals surface area contributed by atoms with E-state index in [2.05, 4.69) is 0 Å². The summed E-state index contributed by atoms with van der Waals surface area (Å²) in [5.74, 6) is 0. The Balaban J connectivity index is 3.57. The highest BCUT2D eigenvalue weighted by molar-refractivity contribution is 5.01. The van der Waals surface area contributed by atoms with Crippen LogP contribution in [-0.4, -0.2) is 9.67 Å². The molecule has 0 aliphatic heterocycles. The van der Waals surface area contributed by atoms with Crippen molar-refractivity contribution in [2.45, 2.75) is 6.18 Å². The maximum atomic E-state index is 12.3. The molecule has 0 unspecified atom stereocenters. The fourth-order valence-corrected chi connectivity index (χ4v) is 1.01. The summed E-state index contributed by atoms with van der Waals surface area (Å²) in [6, 6.07) is -0.315. The highest BCUT2D eigenvalue weighted by Gasteiger charge is 2.39. The Bertz CT molecular complexity index is 422. The van der Waals surface area contributed by atoms with Crippen LogP contribution in [0.15, 0.2) is 10.9 Å². The lowest BCUT2D eigenvalue weighted by Gasteiger charge is -2.07. The van der Waals surface area contributed by atoms with Crippen molar-refractivity contribution in [3.8, 4) is 6.01 Å². The highest BCUT2D eigenvalue weighted by atomic mass is 19.4. The van der Waals surface area contributed by atoms with Crippen LogP contribution in [0.2, 0.25) is 0 Å². The fraction of sp³-hybridized carbons (Fsp3) is 0.429. The molecule has 0 atom stereocenters. The highest BCUT2D eigenvalue weighted by Crippen LogP contribution is 2.25. The van der Waals surface area contributed by atoms with Crippen LogP contribution < -0.4 is 10.1 Å². The zero-order chi connectivity index (χ0) is 11.1. The third kappa shape index (κ3) is 1.57. The third-order valence-corrected chi connectivity index (χ3v) is 1.84. The van der Waals surface area contributed by atoms with Gasteiger partial charge in [0.2, 0.25) is 5.69 Å². The van der Waals surface area contributed by atoms with Gasteiger partial charge in [-0.2, -0.15) is 22.3 Å². The van der Waals surface area contributed by atoms with E-state index in [1.807, 2.05) is 0 Å². The van der Waals surface area contributed by atoms with Crippen LogP contribution in [0.3, 0.4) is 0 Å². The zero-order valence-electron chi connectivity index (χ0n) is 7.46. The second kappa shape index (κ2) is 3.00. The van der Waals surface area contributed by atoms with Crippen molar-refractivity contribution in [1.82, 2.24) is 4.57 Å². The predicted molar refractivity (Wildman–Crippen MR) is 39.5 cm³/mol. The third-order valence-electron chi connectivity index (χ3n) is 1.84. The van der Waals surface area contributed by atoms with Gasteiger partial charge in [-0.25, -0.2) is 4.79 Å². The van der Waals surface area contributed by atoms with Crippen LogP contribution in [0, 0.1) is 0 Å². The average molecular weight is 209 g/mol. The van der Waals surface area contributed by atoms with Crippen molar-refractivity contribution in [2.75, 3.05) is 0 Å². The van der Waals surface area contributed by atoms with Gasteiger partial charge < -0.3 is 5.11 Å². The summed E-state index contributed by atoms with van der Waals surface area (Å²) >= 11 is 0. The van der Waals surface area contributed by atoms with Crippen molar-refractivity contribution in [2.24, 2.45) is 14.1 Å². The van der Waals surface area contributed by atoms with Crippen molar-refractivity contribution >= 4 is 0 Å². The van der Waals surface area contributed by atoms with Crippen LogP contribution in [0.25, 0.3) is 0 Å². The molecule has 1 aromatic rings. The van der Waals surface area contributed by atoms with E-state index < -0.39 is 23.4 Å². The number of alkyl halides is 3. The average Bonchev–Trinajstić information content (AvgIpc) is 2.06. The SMILES string of the molecule is Cn1c(O)[n+](C)c(C(F)(F)F)cc1=O. The van der Waals surface area contributed by atoms with Crippen LogP contribution in [0.5, 0.6) is 6.01 Å². The number of nitrogens with zero attached hydrogens (tertiary/aromatic N) is 2. The van der Waals surface area contributed by atoms with Gasteiger partial charge in [0.25, 0.3) is 0 Å². The Morgan fingerprint density at radius 1 is 1.50 bits per heavy atom. The quantitative estimate of drug-likeness (QED) is 0.608. The van der Waals surface area contributed by atoms with Crippen LogP contribution in [0.4, 0.5) is 13.2 Å². The molecule has 0 amide bonds. The van der Waals surface area contributed by atoms with E-state index in [0.717, 1.165) is 11.6 Å². The number of rotatable bonds is 0. The molecule has 0 aliphatic rings. The molecule has 4 nitrogen and oxygen atoms in total. The van der Waals surface area contributed by atoms with Gasteiger partial charge in [-0.15, -0.1) is 0 Å². The molecule has 7 heteroatoms. The molecular weight excluding hydrogens is 201 g/mol. The minimum atomic E-state index is -4.65. The summed E-state index contributed by atoms with van der Waals surface area (Å²) in [5.41, 5.74) is -2.09. The largest absolute Gasteiger partial charge is 0.456 e. The molecule has 0 aliphatic carbocycles. The summed E-state index contributed by atoms with van der Waals surface area (Å²) < 4.78 is 38.0. The van der Waals surface area contributed by atoms with E-state index in [-0.39, 0.29) is 0 Å². The topological polar surface area (TPSA) is 46.1 Å². The van der Waals surface area contributed by atoms with Gasteiger partial charge in [-0.3, -0.25) is 0 Å². The summed E-state index contributed by atoms with van der Waals surface area (Å²) in [4.78, 5) is 10.9. The van der Waals surface area contributed by atoms with Gasteiger partial charge in [0.1, 0.15) is 0 Å². The van der Waals surface area contributed by atoms with E-state index >= 15 is 0 Å². The predicted octanol–water partition coefficient (Wildman–Crippen LogP) is -0.0658. The van der Waals surface area contributed by atoms with Crippen LogP contribution in [0.1, 0.15) is 5.69 Å². The standard InChI is InChI=1S/C7H7F3N2O2/c1-11-4(7(8,9)10)3-5(13)12(2)6(11)14/h3H,1-2H3/p+1. The maximum Gasteiger partial charge on any atom is 0.456 e. The van der Waals surface area contributed by atoms with Crippen molar-refractivity contribution in [3.05, 3.63) is 22.1 Å². The second-order valence-corrected chi connectivity index (χ2v) is 2.78. The fourth-order valence-electron chi connectivity index (χ4n) is 1.01. The molecule has 0 spiro atoms. The molecule has 0 aromatic carbocycles. The van der Waals surface area contributed by atoms with Crippen molar-refractivity contribution in [1.29, 1.82) is 0 Å². The van der Waals surface area contributed by atoms with Crippen LogP contribution in [-0.2, 0) is 20.3 Å². The summed E-state index contributed by atoms with van der Waals surface area (Å²) in [5, 5.41) is 9.16. The minimum Gasteiger partial charge on any atom is -0.446 e. The molecule has 1 rings (SSSR count). The molecule has 14 heavy (non-hydrogen) atoms. The van der Waals surface area contributed by atoms with E-state index in [9.17, 15) is 18.0 Å². The van der Waals surface area contributed by atoms with E-state index in [1.165, 1.54) is 7.05 Å². The Morgan fingerprint density at radius 3 is 2.43 bits per heavy atom. The molecule has 0 radical (unpaired) electrons. The first kappa shape index (κ1) is 10.6. The molecule has 1 N–H and O–H groups in total. The minimum absolute atomic E-state index is 0.430. The number of hydrogen-bond donors (Lipinski definition) is 1. The maximum absolute atomic E-state index is 12.3. The van der Waals surface area contributed by atoms with E-state index in [1.54, 1.807) is 0 Å². The van der Waals surface area contributed by atoms with Gasteiger partial charge in [0.05, 0.1) is 20.2 Å². The van der Waals surface area contributed by atoms with Crippen LogP contribution >= 0.6 is 0 Å². The molecule has 0 saturated heterocycles. The van der Waals surface area contributed by atoms with E-state index in [4.69, 9.17) is 5.11 Å². The number of hydrogen-bond acceptors (Lipinski definition) is 2. The molecule has 1 aromatic heterocycles. The smallest absolute Gasteiger partial charge is 0.446 e. The van der Waals surface area contributed by atoms with Crippen molar-refractivity contribution < 1.29 is 22.8 Å². The number of halogens is 3. The Kier molecular flexibility index (Phi) is 2.26. The summed E-state index contributed by atoms with van der Waals surface area (Å²) in [7, 11) is 2.20. The summed E-state index contributed by atoms with van der Waals surface area (Å²) in [6.45, 7) is 0. The van der Waals surface area contributed by atoms with Gasteiger partial charge in [-0.05, 0) is 0 Å². The molecule has 1 heterocycles. The summed E-state index contributed by atoms with van der Waals surface area (Å²) in [6.07, 6.45) is -4.65. The lowest BCUT2D eigenvalue weighted by atomic mass is 10.4. The monoisotopic (exact) mass is 209 g/mol. The second-order valence-electron chi connectivity index (χ2n) is 2.78. The van der Waals surface area contributed by atoms with Gasteiger partial charge >= 0.3 is 17.7 Å². The molecule has 0 bridgehead atoms. The molecule has 0 saturated carbocycles. The lowest BCUT2D eigenvalue weighted by molar-refractivity contribution is -0.701. The first-order valence-corrected chi connectivity index (χ1v) is 3.61.